The van der Waals surface area contributed by atoms with E-state index in [1.54, 1.807) is 12.1 Å². The summed E-state index contributed by atoms with van der Waals surface area (Å²) in [5.74, 6) is 1.82. The number of Topliss-reactive ketones (excluding diaryl/α,β-unsaturated/α-hetero) is 1. The molecule has 44 heavy (non-hydrogen) atoms. The van der Waals surface area contributed by atoms with Crippen LogP contribution in [0.2, 0.25) is 0 Å². The normalized spacial score (nSPS) is 46.8. The van der Waals surface area contributed by atoms with E-state index in [0.29, 0.717) is 41.1 Å². The van der Waals surface area contributed by atoms with Crippen molar-refractivity contribution in [2.24, 2.45) is 56.2 Å². The van der Waals surface area contributed by atoms with Crippen LogP contribution in [0.25, 0.3) is 6.08 Å². The zero-order chi connectivity index (χ0) is 31.9. The maximum absolute atomic E-state index is 12.9. The fourth-order valence-electron chi connectivity index (χ4n) is 12.3. The van der Waals surface area contributed by atoms with Gasteiger partial charge in [-0.1, -0.05) is 54.5 Å². The molecule has 5 fully saturated rings. The topological polar surface area (TPSA) is 83.8 Å². The smallest absolute Gasteiger partial charge is 0.330 e. The molecule has 0 aromatic heterocycles. The molecule has 6 rings (SSSR count). The number of fused-ring (bicyclic) bond motifs is 7. The lowest BCUT2D eigenvalue weighted by molar-refractivity contribution is -0.258. The van der Waals surface area contributed by atoms with Crippen molar-refractivity contribution < 1.29 is 24.5 Å². The number of carbonyl (C=O) groups excluding carboxylic acids is 2. The Balaban J connectivity index is 1.20. The molecule has 5 aliphatic carbocycles. The van der Waals surface area contributed by atoms with Gasteiger partial charge in [-0.2, -0.15) is 0 Å². The SMILES string of the molecule is C[C@H]1C(=O)CC[C@@H]2[C@]1(C)CC[C@H]1[C@@]2(C)CC[C@@]2(C)[C@@H]3C[C@](C)(COC(=O)/C=C/c4ccc(O)c(O)c4)CC[C@]3(C)CC[C@]12C. The molecule has 2 N–H and O–H groups in total. The molecule has 5 nitrogen and oxygen atoms in total. The van der Waals surface area contributed by atoms with Crippen molar-refractivity contribution in [3.63, 3.8) is 0 Å². The monoisotopic (exact) mass is 604 g/mol. The average molecular weight is 605 g/mol. The van der Waals surface area contributed by atoms with Gasteiger partial charge in [0, 0.05) is 23.8 Å². The molecule has 0 heterocycles. The highest BCUT2D eigenvalue weighted by molar-refractivity contribution is 5.87. The van der Waals surface area contributed by atoms with Crippen molar-refractivity contribution in [1.82, 2.24) is 0 Å². The van der Waals surface area contributed by atoms with Gasteiger partial charge in [0.05, 0.1) is 6.61 Å². The van der Waals surface area contributed by atoms with Crippen molar-refractivity contribution in [3.8, 4) is 11.5 Å². The maximum Gasteiger partial charge on any atom is 0.330 e. The van der Waals surface area contributed by atoms with Crippen LogP contribution in [0.1, 0.15) is 125 Å². The highest BCUT2D eigenvalue weighted by Crippen LogP contribution is 2.78. The molecule has 10 atom stereocenters. The van der Waals surface area contributed by atoms with Crippen LogP contribution in [0.15, 0.2) is 24.3 Å². The lowest BCUT2D eigenvalue weighted by atomic mass is 9.30. The molecule has 0 spiro atoms. The summed E-state index contributed by atoms with van der Waals surface area (Å²) in [6.45, 7) is 17.9. The fourth-order valence-corrected chi connectivity index (χ4v) is 12.3. The quantitative estimate of drug-likeness (QED) is 0.203. The van der Waals surface area contributed by atoms with Crippen LogP contribution < -0.4 is 0 Å². The summed E-state index contributed by atoms with van der Waals surface area (Å²) in [6.07, 6.45) is 15.8. The fraction of sp³-hybridized carbons (Fsp3) is 0.744. The van der Waals surface area contributed by atoms with Gasteiger partial charge in [-0.15, -0.1) is 0 Å². The van der Waals surface area contributed by atoms with Crippen LogP contribution in [0.4, 0.5) is 0 Å². The van der Waals surface area contributed by atoms with Crippen molar-refractivity contribution in [1.29, 1.82) is 0 Å². The predicted molar refractivity (Wildman–Crippen MR) is 174 cm³/mol. The number of phenolic OH excluding ortho intramolecular Hbond substituents is 2. The van der Waals surface area contributed by atoms with Gasteiger partial charge in [0.2, 0.25) is 0 Å². The Bertz CT molecular complexity index is 1370. The second kappa shape index (κ2) is 10.4. The summed E-state index contributed by atoms with van der Waals surface area (Å²) >= 11 is 0. The maximum atomic E-state index is 12.9. The van der Waals surface area contributed by atoms with Crippen LogP contribution in [0.5, 0.6) is 11.5 Å². The molecule has 0 radical (unpaired) electrons. The van der Waals surface area contributed by atoms with E-state index in [-0.39, 0.29) is 50.5 Å². The summed E-state index contributed by atoms with van der Waals surface area (Å²) < 4.78 is 5.89. The Kier molecular flexibility index (Phi) is 7.46. The number of ether oxygens (including phenoxy) is 1. The van der Waals surface area contributed by atoms with Gasteiger partial charge < -0.3 is 14.9 Å². The molecule has 242 valence electrons. The zero-order valence-electron chi connectivity index (χ0n) is 28.3. The second-order valence-electron chi connectivity index (χ2n) is 17.6. The van der Waals surface area contributed by atoms with E-state index in [4.69, 9.17) is 4.74 Å². The predicted octanol–water partition coefficient (Wildman–Crippen LogP) is 9.10. The standard InChI is InChI=1S/C39H56O5/c1-25-27(40)11-12-30-36(25,4)15-14-31-37(30,5)19-21-39(7)32-23-34(2,16-17-35(32,3)18-20-38(31,39)6)24-44-33(43)13-9-26-8-10-28(41)29(42)22-26/h8-10,13,22,25,30-32,41-42H,11-12,14-21,23-24H2,1-7H3/b13-9+/t25-,30+,31-,32+,34+,35+,36+,37-,38+,39-/m0/s1. The average Bonchev–Trinajstić information content (AvgIpc) is 2.97. The van der Waals surface area contributed by atoms with Crippen LogP contribution >= 0.6 is 0 Å². The van der Waals surface area contributed by atoms with Gasteiger partial charge in [-0.3, -0.25) is 4.79 Å². The number of esters is 1. The first-order chi connectivity index (χ1) is 20.5. The van der Waals surface area contributed by atoms with Crippen LogP contribution in [0, 0.1) is 56.2 Å². The van der Waals surface area contributed by atoms with Gasteiger partial charge in [0.1, 0.15) is 5.78 Å². The van der Waals surface area contributed by atoms with E-state index < -0.39 is 0 Å². The first-order valence-electron chi connectivity index (χ1n) is 17.4. The van der Waals surface area contributed by atoms with E-state index >= 15 is 0 Å². The van der Waals surface area contributed by atoms with Crippen molar-refractivity contribution in [2.45, 2.75) is 119 Å². The largest absolute Gasteiger partial charge is 0.504 e. The van der Waals surface area contributed by atoms with Crippen LogP contribution in [-0.2, 0) is 14.3 Å². The van der Waals surface area contributed by atoms with E-state index in [1.807, 2.05) is 0 Å². The highest BCUT2D eigenvalue weighted by atomic mass is 16.5. The molecule has 0 unspecified atom stereocenters. The van der Waals surface area contributed by atoms with E-state index in [1.165, 1.54) is 63.2 Å². The van der Waals surface area contributed by atoms with Gasteiger partial charge in [0.25, 0.3) is 0 Å². The van der Waals surface area contributed by atoms with Gasteiger partial charge >= 0.3 is 5.97 Å². The third kappa shape index (κ3) is 4.60. The Morgan fingerprint density at radius 3 is 2.25 bits per heavy atom. The second-order valence-corrected chi connectivity index (χ2v) is 17.6. The minimum Gasteiger partial charge on any atom is -0.504 e. The third-order valence-electron chi connectivity index (χ3n) is 15.6. The summed E-state index contributed by atoms with van der Waals surface area (Å²) in [6, 6.07) is 4.49. The molecular formula is C39H56O5. The first-order valence-corrected chi connectivity index (χ1v) is 17.4. The number of hydrogen-bond donors (Lipinski definition) is 2. The van der Waals surface area contributed by atoms with Crippen molar-refractivity contribution in [3.05, 3.63) is 29.8 Å². The summed E-state index contributed by atoms with van der Waals surface area (Å²) in [5.41, 5.74) is 1.83. The Morgan fingerprint density at radius 2 is 1.52 bits per heavy atom. The molecule has 0 bridgehead atoms. The van der Waals surface area contributed by atoms with Crippen LogP contribution in [-0.4, -0.2) is 28.6 Å². The summed E-state index contributed by atoms with van der Waals surface area (Å²) in [7, 11) is 0. The number of ketones is 1. The number of hydrogen-bond acceptors (Lipinski definition) is 5. The summed E-state index contributed by atoms with van der Waals surface area (Å²) in [4.78, 5) is 25.7. The molecular weight excluding hydrogens is 548 g/mol. The molecule has 1 aromatic rings. The zero-order valence-corrected chi connectivity index (χ0v) is 28.3. The number of carbonyl (C=O) groups is 2. The third-order valence-corrected chi connectivity index (χ3v) is 15.6. The molecule has 0 saturated heterocycles. The van der Waals surface area contributed by atoms with Crippen molar-refractivity contribution in [2.75, 3.05) is 6.61 Å². The van der Waals surface area contributed by atoms with Gasteiger partial charge in [-0.25, -0.2) is 4.79 Å². The van der Waals surface area contributed by atoms with Gasteiger partial charge in [-0.05, 0) is 133 Å². The number of benzene rings is 1. The lowest BCUT2D eigenvalue weighted by Crippen LogP contribution is -2.67. The molecule has 1 aromatic carbocycles. The van der Waals surface area contributed by atoms with E-state index in [9.17, 15) is 19.8 Å². The first kappa shape index (κ1) is 31.7. The van der Waals surface area contributed by atoms with E-state index in [0.717, 1.165) is 25.7 Å². The Hall–Kier alpha value is -2.30. The van der Waals surface area contributed by atoms with Crippen LogP contribution in [0.3, 0.4) is 0 Å². The molecule has 0 aliphatic heterocycles. The lowest BCUT2D eigenvalue weighted by Gasteiger charge is -2.74. The minimum absolute atomic E-state index is 0.0587. The molecule has 0 amide bonds. The Labute approximate surface area is 265 Å². The van der Waals surface area contributed by atoms with E-state index in [2.05, 4.69) is 48.5 Å². The minimum atomic E-state index is -0.370. The highest BCUT2D eigenvalue weighted by Gasteiger charge is 2.71. The number of phenols is 2. The molecule has 5 aliphatic rings. The number of aromatic hydroxyl groups is 2. The molecule has 5 saturated carbocycles. The Morgan fingerprint density at radius 1 is 0.841 bits per heavy atom. The van der Waals surface area contributed by atoms with Gasteiger partial charge in [0.15, 0.2) is 11.5 Å². The molecule has 5 heteroatoms. The van der Waals surface area contributed by atoms with Crippen molar-refractivity contribution >= 4 is 17.8 Å². The summed E-state index contributed by atoms with van der Waals surface area (Å²) in [5, 5.41) is 19.3. The number of rotatable bonds is 4.